The minimum Gasteiger partial charge on any atom is -0.493 e. The van der Waals surface area contributed by atoms with E-state index in [0.717, 1.165) is 6.42 Å². The Morgan fingerprint density at radius 2 is 1.63 bits per heavy atom. The SMILES string of the molecule is CCC(C)(C)C(O)c1ccc(OC)c(OC)c1OC. The molecule has 0 aliphatic carbocycles. The fourth-order valence-electron chi connectivity index (χ4n) is 1.95. The van der Waals surface area contributed by atoms with Gasteiger partial charge in [-0.15, -0.1) is 0 Å². The molecular weight excluding hydrogens is 244 g/mol. The van der Waals surface area contributed by atoms with Crippen LogP contribution in [0.3, 0.4) is 0 Å². The maximum atomic E-state index is 10.6. The highest BCUT2D eigenvalue weighted by atomic mass is 16.5. The molecule has 0 amide bonds. The van der Waals surface area contributed by atoms with Crippen LogP contribution in [0.15, 0.2) is 12.1 Å². The zero-order valence-electron chi connectivity index (χ0n) is 12.6. The number of hydrogen-bond acceptors (Lipinski definition) is 4. The van der Waals surface area contributed by atoms with Crippen molar-refractivity contribution in [3.63, 3.8) is 0 Å². The molecule has 108 valence electrons. The second-order valence-electron chi connectivity index (χ2n) is 5.17. The minimum absolute atomic E-state index is 0.243. The van der Waals surface area contributed by atoms with Crippen molar-refractivity contribution in [2.24, 2.45) is 5.41 Å². The molecule has 1 atom stereocenters. The zero-order valence-corrected chi connectivity index (χ0v) is 12.6. The number of hydrogen-bond donors (Lipinski definition) is 1. The molecule has 0 bridgehead atoms. The summed E-state index contributed by atoms with van der Waals surface area (Å²) >= 11 is 0. The van der Waals surface area contributed by atoms with Crippen molar-refractivity contribution in [2.75, 3.05) is 21.3 Å². The third-order valence-corrected chi connectivity index (χ3v) is 3.68. The summed E-state index contributed by atoms with van der Waals surface area (Å²) in [6.07, 6.45) is 0.221. The highest BCUT2D eigenvalue weighted by molar-refractivity contribution is 5.56. The third kappa shape index (κ3) is 2.95. The van der Waals surface area contributed by atoms with E-state index < -0.39 is 6.10 Å². The van der Waals surface area contributed by atoms with Crippen LogP contribution in [0.4, 0.5) is 0 Å². The maximum absolute atomic E-state index is 10.6. The van der Waals surface area contributed by atoms with Crippen LogP contribution in [-0.4, -0.2) is 26.4 Å². The summed E-state index contributed by atoms with van der Waals surface area (Å²) in [7, 11) is 4.69. The summed E-state index contributed by atoms with van der Waals surface area (Å²) < 4.78 is 16.0. The molecule has 1 aromatic carbocycles. The topological polar surface area (TPSA) is 47.9 Å². The second-order valence-corrected chi connectivity index (χ2v) is 5.17. The Morgan fingerprint density at radius 3 is 2.05 bits per heavy atom. The third-order valence-electron chi connectivity index (χ3n) is 3.68. The van der Waals surface area contributed by atoms with Crippen molar-refractivity contribution in [3.05, 3.63) is 17.7 Å². The van der Waals surface area contributed by atoms with Crippen molar-refractivity contribution in [1.82, 2.24) is 0 Å². The first kappa shape index (κ1) is 15.6. The van der Waals surface area contributed by atoms with Crippen LogP contribution < -0.4 is 14.2 Å². The Bertz CT molecular complexity index is 426. The summed E-state index contributed by atoms with van der Waals surface area (Å²) in [5, 5.41) is 10.6. The molecule has 0 saturated heterocycles. The molecule has 19 heavy (non-hydrogen) atoms. The predicted molar refractivity (Wildman–Crippen MR) is 75.1 cm³/mol. The van der Waals surface area contributed by atoms with Crippen LogP contribution in [0, 0.1) is 5.41 Å². The van der Waals surface area contributed by atoms with Crippen LogP contribution in [0.2, 0.25) is 0 Å². The van der Waals surface area contributed by atoms with E-state index in [-0.39, 0.29) is 5.41 Å². The number of ether oxygens (including phenoxy) is 3. The largest absolute Gasteiger partial charge is 0.493 e. The summed E-state index contributed by atoms with van der Waals surface area (Å²) in [4.78, 5) is 0. The molecule has 0 heterocycles. The fourth-order valence-corrected chi connectivity index (χ4v) is 1.95. The van der Waals surface area contributed by atoms with Gasteiger partial charge in [0.2, 0.25) is 5.75 Å². The number of rotatable bonds is 6. The van der Waals surface area contributed by atoms with Crippen molar-refractivity contribution in [1.29, 1.82) is 0 Å². The van der Waals surface area contributed by atoms with E-state index in [2.05, 4.69) is 6.92 Å². The molecule has 1 unspecified atom stereocenters. The number of methoxy groups -OCH3 is 3. The summed E-state index contributed by atoms with van der Waals surface area (Å²) in [6.45, 7) is 6.10. The van der Waals surface area contributed by atoms with E-state index in [1.807, 2.05) is 19.9 Å². The Balaban J connectivity index is 3.36. The number of aliphatic hydroxyl groups excluding tert-OH is 1. The first-order valence-corrected chi connectivity index (χ1v) is 6.39. The standard InChI is InChI=1S/C15H24O4/c1-7-15(2,3)14(16)10-8-9-11(17-4)13(19-6)12(10)18-5/h8-9,14,16H,7H2,1-6H3. The lowest BCUT2D eigenvalue weighted by Crippen LogP contribution is -2.21. The van der Waals surface area contributed by atoms with Crippen LogP contribution in [0.25, 0.3) is 0 Å². The average molecular weight is 268 g/mol. The molecule has 0 aliphatic rings. The Kier molecular flexibility index (Phi) is 5.06. The van der Waals surface area contributed by atoms with Gasteiger partial charge in [0.15, 0.2) is 11.5 Å². The van der Waals surface area contributed by atoms with E-state index in [4.69, 9.17) is 14.2 Å². The molecular formula is C15H24O4. The van der Waals surface area contributed by atoms with Gasteiger partial charge in [-0.3, -0.25) is 0 Å². The Morgan fingerprint density at radius 1 is 1.05 bits per heavy atom. The van der Waals surface area contributed by atoms with Crippen LogP contribution >= 0.6 is 0 Å². The van der Waals surface area contributed by atoms with Gasteiger partial charge in [0.25, 0.3) is 0 Å². The average Bonchev–Trinajstić information content (AvgIpc) is 2.44. The van der Waals surface area contributed by atoms with Crippen molar-refractivity contribution < 1.29 is 19.3 Å². The highest BCUT2D eigenvalue weighted by Crippen LogP contribution is 2.46. The first-order chi connectivity index (χ1) is 8.92. The van der Waals surface area contributed by atoms with Crippen molar-refractivity contribution >= 4 is 0 Å². The molecule has 1 rings (SSSR count). The van der Waals surface area contributed by atoms with E-state index in [0.29, 0.717) is 22.8 Å². The Labute approximate surface area is 115 Å². The van der Waals surface area contributed by atoms with Gasteiger partial charge in [-0.2, -0.15) is 0 Å². The number of aliphatic hydroxyl groups is 1. The summed E-state index contributed by atoms with van der Waals surface area (Å²) in [6, 6.07) is 3.61. The molecule has 0 fully saturated rings. The van der Waals surface area contributed by atoms with Gasteiger partial charge in [0, 0.05) is 5.56 Å². The molecule has 1 aromatic rings. The van der Waals surface area contributed by atoms with E-state index in [9.17, 15) is 5.11 Å². The van der Waals surface area contributed by atoms with Crippen molar-refractivity contribution in [2.45, 2.75) is 33.3 Å². The van der Waals surface area contributed by atoms with Gasteiger partial charge in [0.1, 0.15) is 0 Å². The molecule has 4 nitrogen and oxygen atoms in total. The second kappa shape index (κ2) is 6.15. The van der Waals surface area contributed by atoms with E-state index in [1.54, 1.807) is 27.4 Å². The van der Waals surface area contributed by atoms with Gasteiger partial charge in [0.05, 0.1) is 27.4 Å². The normalized spacial score (nSPS) is 13.0. The van der Waals surface area contributed by atoms with Crippen LogP contribution in [-0.2, 0) is 0 Å². The lowest BCUT2D eigenvalue weighted by molar-refractivity contribution is 0.0441. The first-order valence-electron chi connectivity index (χ1n) is 6.39. The molecule has 0 aliphatic heterocycles. The quantitative estimate of drug-likeness (QED) is 0.860. The van der Waals surface area contributed by atoms with Crippen LogP contribution in [0.1, 0.15) is 38.9 Å². The van der Waals surface area contributed by atoms with Gasteiger partial charge in [-0.05, 0) is 24.0 Å². The molecule has 1 N–H and O–H groups in total. The lowest BCUT2D eigenvalue weighted by Gasteiger charge is -2.31. The van der Waals surface area contributed by atoms with Gasteiger partial charge in [-0.25, -0.2) is 0 Å². The molecule has 0 radical (unpaired) electrons. The highest BCUT2D eigenvalue weighted by Gasteiger charge is 2.31. The smallest absolute Gasteiger partial charge is 0.203 e. The maximum Gasteiger partial charge on any atom is 0.203 e. The monoisotopic (exact) mass is 268 g/mol. The predicted octanol–water partition coefficient (Wildman–Crippen LogP) is 3.18. The lowest BCUT2D eigenvalue weighted by atomic mass is 9.80. The molecule has 0 aromatic heterocycles. The van der Waals surface area contributed by atoms with Crippen LogP contribution in [0.5, 0.6) is 17.2 Å². The van der Waals surface area contributed by atoms with E-state index >= 15 is 0 Å². The van der Waals surface area contributed by atoms with E-state index in [1.165, 1.54) is 0 Å². The summed E-state index contributed by atoms with van der Waals surface area (Å²) in [5.74, 6) is 1.62. The van der Waals surface area contributed by atoms with Gasteiger partial charge < -0.3 is 19.3 Å². The van der Waals surface area contributed by atoms with Gasteiger partial charge >= 0.3 is 0 Å². The Hall–Kier alpha value is -1.42. The van der Waals surface area contributed by atoms with Crippen molar-refractivity contribution in [3.8, 4) is 17.2 Å². The molecule has 0 spiro atoms. The fraction of sp³-hybridized carbons (Fsp3) is 0.600. The molecule has 4 heteroatoms. The molecule has 0 saturated carbocycles. The zero-order chi connectivity index (χ0) is 14.6. The minimum atomic E-state index is -0.632. The summed E-state index contributed by atoms with van der Waals surface area (Å²) in [5.41, 5.74) is 0.472. The number of benzene rings is 1. The van der Waals surface area contributed by atoms with Gasteiger partial charge in [-0.1, -0.05) is 20.8 Å².